The minimum absolute atomic E-state index is 0.126. The summed E-state index contributed by atoms with van der Waals surface area (Å²) < 4.78 is 0. The summed E-state index contributed by atoms with van der Waals surface area (Å²) in [6.45, 7) is 4.43. The van der Waals surface area contributed by atoms with E-state index in [0.717, 1.165) is 82.1 Å². The minimum atomic E-state index is 0.126. The van der Waals surface area contributed by atoms with Crippen molar-refractivity contribution in [3.8, 4) is 0 Å². The highest BCUT2D eigenvalue weighted by Crippen LogP contribution is 2.42. The summed E-state index contributed by atoms with van der Waals surface area (Å²) in [7, 11) is 0. The van der Waals surface area contributed by atoms with Gasteiger partial charge in [0.1, 0.15) is 0 Å². The smallest absolute Gasteiger partial charge is 0.228 e. The summed E-state index contributed by atoms with van der Waals surface area (Å²) in [4.78, 5) is 36.4. The second-order valence-corrected chi connectivity index (χ2v) is 9.58. The molecule has 3 fully saturated rings. The molecule has 0 aromatic rings. The molecule has 2 amide bonds. The average molecular weight is 389 g/mol. The highest BCUT2D eigenvalue weighted by molar-refractivity contribution is 8.16. The lowest BCUT2D eigenvalue weighted by molar-refractivity contribution is -0.143. The fraction of sp³-hybridized carbons (Fsp3) is 0.750. The van der Waals surface area contributed by atoms with Crippen LogP contribution in [-0.2, 0) is 9.59 Å². The molecule has 0 radical (unpaired) electrons. The number of nitrogens with zero attached hydrogens (tertiary/aromatic N) is 4. The molecule has 0 aromatic carbocycles. The first-order valence-electron chi connectivity index (χ1n) is 10.4. The van der Waals surface area contributed by atoms with Crippen LogP contribution in [0.4, 0.5) is 0 Å². The molecule has 0 aromatic heterocycles. The lowest BCUT2D eigenvalue weighted by atomic mass is 9.73. The Hall–Kier alpha value is -1.50. The van der Waals surface area contributed by atoms with Crippen LogP contribution in [-0.4, -0.2) is 70.4 Å². The first-order valence-corrected chi connectivity index (χ1v) is 11.3. The van der Waals surface area contributed by atoms with Crippen molar-refractivity contribution in [3.05, 3.63) is 11.1 Å². The van der Waals surface area contributed by atoms with Gasteiger partial charge in [-0.25, -0.2) is 0 Å². The van der Waals surface area contributed by atoms with Crippen LogP contribution < -0.4 is 0 Å². The Bertz CT molecular complexity index is 717. The van der Waals surface area contributed by atoms with E-state index in [-0.39, 0.29) is 11.3 Å². The van der Waals surface area contributed by atoms with E-state index in [1.165, 1.54) is 0 Å². The Kier molecular flexibility index (Phi) is 4.45. The van der Waals surface area contributed by atoms with Gasteiger partial charge in [-0.1, -0.05) is 11.8 Å². The molecule has 1 aliphatic carbocycles. The van der Waals surface area contributed by atoms with Crippen molar-refractivity contribution in [1.82, 2.24) is 14.7 Å². The second kappa shape index (κ2) is 6.83. The zero-order valence-corrected chi connectivity index (χ0v) is 16.7. The Morgan fingerprint density at radius 1 is 1.22 bits per heavy atom. The van der Waals surface area contributed by atoms with Crippen LogP contribution in [0.1, 0.15) is 51.4 Å². The number of carbonyl (C=O) groups is 2. The minimum Gasteiger partial charge on any atom is -0.342 e. The molecule has 1 atom stereocenters. The highest BCUT2D eigenvalue weighted by Gasteiger charge is 2.46. The zero-order valence-electron chi connectivity index (χ0n) is 15.9. The van der Waals surface area contributed by atoms with E-state index in [9.17, 15) is 9.59 Å². The second-order valence-electron chi connectivity index (χ2n) is 8.74. The lowest BCUT2D eigenvalue weighted by Gasteiger charge is -2.48. The average Bonchev–Trinajstić information content (AvgIpc) is 3.46. The van der Waals surface area contributed by atoms with Crippen molar-refractivity contribution in [2.75, 3.05) is 32.7 Å². The fourth-order valence-electron chi connectivity index (χ4n) is 5.06. The quantitative estimate of drug-likeness (QED) is 0.745. The highest BCUT2D eigenvalue weighted by atomic mass is 32.2. The first-order chi connectivity index (χ1) is 13.1. The predicted octanol–water partition coefficient (Wildman–Crippen LogP) is 2.42. The Labute approximate surface area is 165 Å². The number of piperidine rings is 2. The van der Waals surface area contributed by atoms with Crippen LogP contribution in [0.3, 0.4) is 0 Å². The predicted molar refractivity (Wildman–Crippen MR) is 106 cm³/mol. The number of rotatable bonds is 3. The molecule has 5 rings (SSSR count). The van der Waals surface area contributed by atoms with Crippen molar-refractivity contribution in [2.45, 2.75) is 57.4 Å². The van der Waals surface area contributed by atoms with E-state index in [0.29, 0.717) is 24.8 Å². The molecule has 0 N–H and O–H groups in total. The van der Waals surface area contributed by atoms with Gasteiger partial charge in [0, 0.05) is 56.3 Å². The van der Waals surface area contributed by atoms with Gasteiger partial charge >= 0.3 is 0 Å². The Morgan fingerprint density at radius 3 is 2.96 bits per heavy atom. The number of fused-ring (bicyclic) bond motifs is 1. The summed E-state index contributed by atoms with van der Waals surface area (Å²) in [6.07, 6.45) is 7.68. The molecule has 4 aliphatic heterocycles. The van der Waals surface area contributed by atoms with E-state index in [1.807, 2.05) is 0 Å². The summed E-state index contributed by atoms with van der Waals surface area (Å²) >= 11 is 1.65. The number of hydrogen-bond donors (Lipinski definition) is 0. The number of carbonyl (C=O) groups excluding carboxylic acids is 2. The van der Waals surface area contributed by atoms with Crippen LogP contribution in [0.15, 0.2) is 16.1 Å². The Balaban J connectivity index is 1.24. The first kappa shape index (κ1) is 17.6. The fourth-order valence-corrected chi connectivity index (χ4v) is 6.01. The van der Waals surface area contributed by atoms with Gasteiger partial charge in [0.2, 0.25) is 11.8 Å². The molecule has 2 saturated heterocycles. The third kappa shape index (κ3) is 3.39. The maximum Gasteiger partial charge on any atom is 0.228 e. The van der Waals surface area contributed by atoms with Crippen LogP contribution >= 0.6 is 11.8 Å². The summed E-state index contributed by atoms with van der Waals surface area (Å²) in [5.41, 5.74) is 1.24. The van der Waals surface area contributed by atoms with Crippen LogP contribution in [0, 0.1) is 5.41 Å². The third-order valence-electron chi connectivity index (χ3n) is 6.69. The largest absolute Gasteiger partial charge is 0.342 e. The molecular formula is C20H28N4O2S. The van der Waals surface area contributed by atoms with Crippen molar-refractivity contribution in [1.29, 1.82) is 0 Å². The molecule has 4 heterocycles. The van der Waals surface area contributed by atoms with Gasteiger partial charge in [0.15, 0.2) is 5.17 Å². The maximum absolute atomic E-state index is 13.1. The zero-order chi connectivity index (χ0) is 18.4. The molecular weight excluding hydrogens is 360 g/mol. The number of amides is 2. The van der Waals surface area contributed by atoms with Crippen molar-refractivity contribution < 1.29 is 9.59 Å². The van der Waals surface area contributed by atoms with E-state index in [1.54, 1.807) is 11.8 Å². The SMILES string of the molecule is O=C(CC1=CSC2=NCCCN12)N1CCC[C@]2(CCC(=O)N(C3CC3)C2)C1. The summed E-state index contributed by atoms with van der Waals surface area (Å²) in [5.74, 6) is 0.569. The van der Waals surface area contributed by atoms with Gasteiger partial charge in [0.25, 0.3) is 0 Å². The number of amidine groups is 1. The van der Waals surface area contributed by atoms with E-state index >= 15 is 0 Å². The van der Waals surface area contributed by atoms with Gasteiger partial charge in [-0.3, -0.25) is 14.6 Å². The van der Waals surface area contributed by atoms with Gasteiger partial charge in [-0.15, -0.1) is 0 Å². The van der Waals surface area contributed by atoms with Crippen molar-refractivity contribution >= 4 is 28.7 Å². The van der Waals surface area contributed by atoms with E-state index < -0.39 is 0 Å². The molecule has 0 bridgehead atoms. The normalized spacial score (nSPS) is 31.1. The molecule has 0 unspecified atom stereocenters. The summed E-state index contributed by atoms with van der Waals surface area (Å²) in [6, 6.07) is 0.484. The molecule has 1 saturated carbocycles. The van der Waals surface area contributed by atoms with Crippen LogP contribution in [0.25, 0.3) is 0 Å². The van der Waals surface area contributed by atoms with Gasteiger partial charge in [-0.2, -0.15) is 0 Å². The lowest BCUT2D eigenvalue weighted by Crippen LogP contribution is -2.55. The van der Waals surface area contributed by atoms with Crippen LogP contribution in [0.5, 0.6) is 0 Å². The molecule has 1 spiro atoms. The number of aliphatic imine (C=N–C) groups is 1. The standard InChI is InChI=1S/C20H28N4O2S/c25-17-5-7-20(14-24(17)15-3-4-15)6-1-9-22(13-20)18(26)11-16-12-27-19-21-8-2-10-23(16)19/h12,15H,1-11,13-14H2/t20-/m0/s1. The molecule has 6 nitrogen and oxygen atoms in total. The van der Waals surface area contributed by atoms with Gasteiger partial charge < -0.3 is 14.7 Å². The summed E-state index contributed by atoms with van der Waals surface area (Å²) in [5, 5.41) is 3.17. The molecule has 5 aliphatic rings. The van der Waals surface area contributed by atoms with E-state index in [2.05, 4.69) is 25.1 Å². The van der Waals surface area contributed by atoms with Gasteiger partial charge in [-0.05, 0) is 43.9 Å². The van der Waals surface area contributed by atoms with Crippen molar-refractivity contribution in [2.24, 2.45) is 10.4 Å². The monoisotopic (exact) mass is 388 g/mol. The number of likely N-dealkylation sites (tertiary alicyclic amines) is 2. The third-order valence-corrected chi connectivity index (χ3v) is 7.64. The maximum atomic E-state index is 13.1. The number of hydrogen-bond acceptors (Lipinski definition) is 5. The molecule has 146 valence electrons. The van der Waals surface area contributed by atoms with Crippen molar-refractivity contribution in [3.63, 3.8) is 0 Å². The molecule has 7 heteroatoms. The van der Waals surface area contributed by atoms with Crippen LogP contribution in [0.2, 0.25) is 0 Å². The number of thioether (sulfide) groups is 1. The van der Waals surface area contributed by atoms with E-state index in [4.69, 9.17) is 0 Å². The van der Waals surface area contributed by atoms with Gasteiger partial charge in [0.05, 0.1) is 6.42 Å². The Morgan fingerprint density at radius 2 is 2.11 bits per heavy atom. The topological polar surface area (TPSA) is 56.2 Å². The molecule has 27 heavy (non-hydrogen) atoms.